The largest absolute Gasteiger partial charge is 0.481 e. The fraction of sp³-hybridized carbons (Fsp3) is 0.607. The summed E-state index contributed by atoms with van der Waals surface area (Å²) in [5.41, 5.74) is 1.08. The van der Waals surface area contributed by atoms with Gasteiger partial charge in [-0.3, -0.25) is 14.4 Å². The van der Waals surface area contributed by atoms with Gasteiger partial charge in [0.2, 0.25) is 0 Å². The third-order valence-electron chi connectivity index (χ3n) is 7.88. The minimum Gasteiger partial charge on any atom is -0.481 e. The zero-order valence-corrected chi connectivity index (χ0v) is 24.7. The lowest BCUT2D eigenvalue weighted by molar-refractivity contribution is -0.138. The number of likely N-dealkylation sites (N-methyl/N-ethyl adjacent to an activating group) is 1. The molecule has 0 aliphatic carbocycles. The van der Waals surface area contributed by atoms with Crippen LogP contribution in [0.3, 0.4) is 0 Å². The van der Waals surface area contributed by atoms with Crippen molar-refractivity contribution in [3.8, 4) is 0 Å². The van der Waals surface area contributed by atoms with Crippen molar-refractivity contribution in [3.63, 3.8) is 0 Å². The Morgan fingerprint density at radius 1 is 0.902 bits per heavy atom. The van der Waals surface area contributed by atoms with E-state index in [0.717, 1.165) is 36.3 Å². The highest BCUT2D eigenvalue weighted by Crippen LogP contribution is 2.46. The van der Waals surface area contributed by atoms with E-state index in [1.807, 2.05) is 47.0 Å². The monoisotopic (exact) mass is 606 g/mol. The maximum atomic E-state index is 12.7. The molecule has 5 rings (SSSR count). The zero-order valence-electron chi connectivity index (χ0n) is 23.1. The standard InChI is InChI=1S/C18H22N2O4S.C10H16N2O3S/c1-19-16(14(21)9-5-6-10-15(22)23)13-11-25-17(20(13)18(19)24)12-7-3-2-4-8-12;13-8(14)4-2-1-3-7-9-6(5-16-7)11-10(15)12-9/h2-4,7-8,13,16-17H,5-6,9-11H2,1H3,(H,22,23);6-7,9H,1-5H2,(H,13,14)(H2,11,12,15)/t13-,16?,17-;6-,7-,9-/m00/s1. The van der Waals surface area contributed by atoms with Crippen molar-refractivity contribution in [1.82, 2.24) is 20.4 Å². The van der Waals surface area contributed by atoms with Crippen LogP contribution in [0.5, 0.6) is 0 Å². The second-order valence-electron chi connectivity index (χ2n) is 10.7. The van der Waals surface area contributed by atoms with Crippen LogP contribution in [0.4, 0.5) is 9.59 Å². The van der Waals surface area contributed by atoms with Gasteiger partial charge >= 0.3 is 24.0 Å². The highest BCUT2D eigenvalue weighted by atomic mass is 32.2. The SMILES string of the molecule is CN1C(=O)N2[C@H](c3ccccc3)SC[C@H]2C1C(=O)CCCCC(=O)O.O=C(O)CCCC[C@@H]1SC[C@@H]2NC(=O)N[C@@H]21. The van der Waals surface area contributed by atoms with E-state index < -0.39 is 18.0 Å². The second-order valence-corrected chi connectivity index (χ2v) is 13.1. The molecule has 1 aromatic rings. The second kappa shape index (κ2) is 14.3. The molecule has 0 bridgehead atoms. The number of amides is 4. The first-order chi connectivity index (χ1) is 19.7. The molecule has 0 radical (unpaired) electrons. The van der Waals surface area contributed by atoms with Crippen LogP contribution >= 0.6 is 23.5 Å². The van der Waals surface area contributed by atoms with Crippen LogP contribution in [0.25, 0.3) is 0 Å². The molecule has 0 aromatic heterocycles. The molecule has 4 aliphatic rings. The van der Waals surface area contributed by atoms with Gasteiger partial charge in [0.25, 0.3) is 0 Å². The van der Waals surface area contributed by atoms with Crippen LogP contribution in [0.1, 0.15) is 62.3 Å². The summed E-state index contributed by atoms with van der Waals surface area (Å²) < 4.78 is 0. The molecule has 6 atom stereocenters. The summed E-state index contributed by atoms with van der Waals surface area (Å²) in [6.07, 6.45) is 4.31. The molecule has 1 aromatic carbocycles. The molecule has 0 spiro atoms. The number of hydrogen-bond acceptors (Lipinski definition) is 7. The molecule has 4 fully saturated rings. The normalized spacial score (nSPS) is 27.9. The fourth-order valence-electron chi connectivity index (χ4n) is 5.86. The van der Waals surface area contributed by atoms with Crippen molar-refractivity contribution in [2.24, 2.45) is 0 Å². The molecule has 1 unspecified atom stereocenters. The van der Waals surface area contributed by atoms with Gasteiger partial charge in [-0.25, -0.2) is 9.59 Å². The number of nitrogens with zero attached hydrogens (tertiary/aromatic N) is 2. The number of carbonyl (C=O) groups excluding carboxylic acids is 3. The highest BCUT2D eigenvalue weighted by Gasteiger charge is 2.53. The van der Waals surface area contributed by atoms with E-state index in [-0.39, 0.29) is 54.2 Å². The Morgan fingerprint density at radius 2 is 1.56 bits per heavy atom. The van der Waals surface area contributed by atoms with E-state index in [0.29, 0.717) is 24.5 Å². The van der Waals surface area contributed by atoms with E-state index in [1.54, 1.807) is 23.7 Å². The molecule has 4 N–H and O–H groups in total. The lowest BCUT2D eigenvalue weighted by atomic mass is 10.00. The number of Topliss-reactive ketones (excluding diaryl/α,β-unsaturated/α-hetero) is 1. The van der Waals surface area contributed by atoms with Gasteiger partial charge in [-0.1, -0.05) is 36.8 Å². The third-order valence-corrected chi connectivity index (χ3v) is 10.7. The van der Waals surface area contributed by atoms with Crippen LogP contribution in [0.15, 0.2) is 30.3 Å². The van der Waals surface area contributed by atoms with Crippen LogP contribution in [0.2, 0.25) is 0 Å². The third kappa shape index (κ3) is 7.68. The van der Waals surface area contributed by atoms with Crippen molar-refractivity contribution in [3.05, 3.63) is 35.9 Å². The molecule has 4 heterocycles. The van der Waals surface area contributed by atoms with E-state index in [9.17, 15) is 24.0 Å². The molecule has 224 valence electrons. The van der Waals surface area contributed by atoms with Gasteiger partial charge in [-0.05, 0) is 31.2 Å². The lowest BCUT2D eigenvalue weighted by Gasteiger charge is -2.22. The maximum absolute atomic E-state index is 12.7. The number of thioether (sulfide) groups is 2. The molecule has 0 saturated carbocycles. The predicted molar refractivity (Wildman–Crippen MR) is 157 cm³/mol. The number of urea groups is 2. The molecule has 41 heavy (non-hydrogen) atoms. The molecule has 4 aliphatic heterocycles. The average Bonchev–Trinajstić information content (AvgIpc) is 3.68. The van der Waals surface area contributed by atoms with Gasteiger partial charge in [-0.15, -0.1) is 11.8 Å². The number of benzene rings is 1. The van der Waals surface area contributed by atoms with E-state index in [2.05, 4.69) is 10.6 Å². The Balaban J connectivity index is 0.000000208. The Kier molecular flexibility index (Phi) is 10.8. The highest BCUT2D eigenvalue weighted by molar-refractivity contribution is 8.00. The first-order valence-electron chi connectivity index (χ1n) is 14.0. The van der Waals surface area contributed by atoms with Gasteiger partial charge < -0.3 is 30.6 Å². The maximum Gasteiger partial charge on any atom is 0.321 e. The molecule has 13 heteroatoms. The van der Waals surface area contributed by atoms with Crippen molar-refractivity contribution in [2.75, 3.05) is 18.6 Å². The van der Waals surface area contributed by atoms with Crippen LogP contribution in [0, 0.1) is 0 Å². The summed E-state index contributed by atoms with van der Waals surface area (Å²) >= 11 is 3.57. The molecule has 4 amide bonds. The molecular weight excluding hydrogens is 568 g/mol. The summed E-state index contributed by atoms with van der Waals surface area (Å²) in [5, 5.41) is 23.4. The summed E-state index contributed by atoms with van der Waals surface area (Å²) in [6.45, 7) is 0. The topological polar surface area (TPSA) is 156 Å². The molecule has 4 saturated heterocycles. The van der Waals surface area contributed by atoms with Crippen LogP contribution < -0.4 is 10.6 Å². The Bertz CT molecular complexity index is 1120. The minimum atomic E-state index is -0.843. The number of nitrogens with one attached hydrogen (secondary N) is 2. The molecular formula is C28H38N4O7S2. The van der Waals surface area contributed by atoms with Gasteiger partial charge in [0.1, 0.15) is 11.4 Å². The number of unbranched alkanes of at least 4 members (excludes halogenated alkanes) is 2. The number of fused-ring (bicyclic) bond motifs is 2. The van der Waals surface area contributed by atoms with Gasteiger partial charge in [0.15, 0.2) is 5.78 Å². The summed E-state index contributed by atoms with van der Waals surface area (Å²) in [5.74, 6) is 0.161. The summed E-state index contributed by atoms with van der Waals surface area (Å²) in [4.78, 5) is 60.8. The Labute approximate surface area is 248 Å². The smallest absolute Gasteiger partial charge is 0.321 e. The first kappa shape index (κ1) is 31.0. The van der Waals surface area contributed by atoms with Crippen molar-refractivity contribution < 1.29 is 34.2 Å². The van der Waals surface area contributed by atoms with E-state index in [1.165, 1.54) is 0 Å². The number of carboxylic acids is 2. The number of carboxylic acid groups (broad SMARTS) is 2. The number of hydrogen-bond donors (Lipinski definition) is 4. The van der Waals surface area contributed by atoms with E-state index >= 15 is 0 Å². The van der Waals surface area contributed by atoms with Gasteiger partial charge in [0.05, 0.1) is 18.1 Å². The van der Waals surface area contributed by atoms with E-state index in [4.69, 9.17) is 10.2 Å². The number of ketones is 1. The van der Waals surface area contributed by atoms with Gasteiger partial charge in [0, 0.05) is 43.1 Å². The molecule has 11 nitrogen and oxygen atoms in total. The predicted octanol–water partition coefficient (Wildman–Crippen LogP) is 3.55. The average molecular weight is 607 g/mol. The first-order valence-corrected chi connectivity index (χ1v) is 16.1. The number of carbonyl (C=O) groups is 5. The van der Waals surface area contributed by atoms with Crippen molar-refractivity contribution in [2.45, 2.75) is 86.2 Å². The van der Waals surface area contributed by atoms with Crippen molar-refractivity contribution >= 4 is 53.3 Å². The number of aliphatic carboxylic acids is 2. The Morgan fingerprint density at radius 3 is 2.24 bits per heavy atom. The Hall–Kier alpha value is -2.93. The minimum absolute atomic E-state index is 0.0306. The fourth-order valence-corrected chi connectivity index (χ4v) is 8.88. The number of rotatable bonds is 12. The van der Waals surface area contributed by atoms with Gasteiger partial charge in [-0.2, -0.15) is 11.8 Å². The quantitative estimate of drug-likeness (QED) is 0.206. The zero-order chi connectivity index (χ0) is 29.5. The van der Waals surface area contributed by atoms with Crippen LogP contribution in [-0.2, 0) is 14.4 Å². The summed E-state index contributed by atoms with van der Waals surface area (Å²) in [7, 11) is 1.69. The van der Waals surface area contributed by atoms with Crippen LogP contribution in [-0.4, -0.2) is 97.8 Å². The summed E-state index contributed by atoms with van der Waals surface area (Å²) in [6, 6.07) is 9.67. The van der Waals surface area contributed by atoms with Crippen molar-refractivity contribution in [1.29, 1.82) is 0 Å². The lowest BCUT2D eigenvalue weighted by Crippen LogP contribution is -2.41.